The van der Waals surface area contributed by atoms with Gasteiger partial charge in [0.15, 0.2) is 0 Å². The Morgan fingerprint density at radius 2 is 1.75 bits per heavy atom. The summed E-state index contributed by atoms with van der Waals surface area (Å²) in [4.78, 5) is 15.1. The number of hydrogen-bond donors (Lipinski definition) is 1. The summed E-state index contributed by atoms with van der Waals surface area (Å²) in [7, 11) is 4.07. The van der Waals surface area contributed by atoms with Crippen LogP contribution in [-0.2, 0) is 4.79 Å². The van der Waals surface area contributed by atoms with Crippen LogP contribution >= 0.6 is 0 Å². The Labute approximate surface area is 99.2 Å². The standard InChI is InChI=1S/C12H26N2O2/c1-10(2)9-14(7-6-13(4)5)11(3)8-12(15)16/h10-11H,6-9H2,1-5H3,(H,15,16). The maximum absolute atomic E-state index is 10.7. The largest absolute Gasteiger partial charge is 0.481 e. The highest BCUT2D eigenvalue weighted by Gasteiger charge is 2.17. The van der Waals surface area contributed by atoms with E-state index in [2.05, 4.69) is 23.6 Å². The van der Waals surface area contributed by atoms with Gasteiger partial charge in [-0.15, -0.1) is 0 Å². The van der Waals surface area contributed by atoms with Gasteiger partial charge in [-0.3, -0.25) is 9.69 Å². The highest BCUT2D eigenvalue weighted by Crippen LogP contribution is 2.07. The van der Waals surface area contributed by atoms with Crippen LogP contribution in [-0.4, -0.2) is 60.6 Å². The van der Waals surface area contributed by atoms with Crippen LogP contribution in [0.2, 0.25) is 0 Å². The maximum atomic E-state index is 10.7. The van der Waals surface area contributed by atoms with Crippen molar-refractivity contribution in [3.05, 3.63) is 0 Å². The number of carboxylic acid groups (broad SMARTS) is 1. The minimum atomic E-state index is -0.717. The van der Waals surface area contributed by atoms with E-state index in [0.717, 1.165) is 19.6 Å². The lowest BCUT2D eigenvalue weighted by molar-refractivity contribution is -0.138. The van der Waals surface area contributed by atoms with Crippen LogP contribution in [0, 0.1) is 5.92 Å². The van der Waals surface area contributed by atoms with E-state index in [1.54, 1.807) is 0 Å². The molecule has 0 amide bonds. The third-order valence-electron chi connectivity index (χ3n) is 2.53. The Hall–Kier alpha value is -0.610. The molecule has 1 unspecified atom stereocenters. The van der Waals surface area contributed by atoms with Crippen LogP contribution in [0.4, 0.5) is 0 Å². The van der Waals surface area contributed by atoms with Crippen LogP contribution in [0.3, 0.4) is 0 Å². The highest BCUT2D eigenvalue weighted by atomic mass is 16.4. The SMILES string of the molecule is CC(C)CN(CCN(C)C)C(C)CC(=O)O. The number of carbonyl (C=O) groups is 1. The van der Waals surface area contributed by atoms with Gasteiger partial charge in [-0.2, -0.15) is 0 Å². The molecule has 0 radical (unpaired) electrons. The number of likely N-dealkylation sites (N-methyl/N-ethyl adjacent to an activating group) is 1. The molecule has 0 saturated heterocycles. The van der Waals surface area contributed by atoms with Crippen molar-refractivity contribution in [2.75, 3.05) is 33.7 Å². The Morgan fingerprint density at radius 1 is 1.19 bits per heavy atom. The topological polar surface area (TPSA) is 43.8 Å². The van der Waals surface area contributed by atoms with Gasteiger partial charge in [0, 0.05) is 25.7 Å². The molecule has 0 aromatic carbocycles. The lowest BCUT2D eigenvalue weighted by Crippen LogP contribution is -2.41. The predicted octanol–water partition coefficient (Wildman–Crippen LogP) is 1.37. The van der Waals surface area contributed by atoms with Gasteiger partial charge in [-0.05, 0) is 26.9 Å². The lowest BCUT2D eigenvalue weighted by atomic mass is 10.1. The van der Waals surface area contributed by atoms with Crippen molar-refractivity contribution in [1.29, 1.82) is 0 Å². The van der Waals surface area contributed by atoms with Crippen molar-refractivity contribution in [2.24, 2.45) is 5.92 Å². The van der Waals surface area contributed by atoms with Crippen molar-refractivity contribution >= 4 is 5.97 Å². The number of carboxylic acids is 1. The molecule has 1 atom stereocenters. The molecule has 1 N–H and O–H groups in total. The molecule has 0 aliphatic carbocycles. The van der Waals surface area contributed by atoms with Crippen molar-refractivity contribution in [3.63, 3.8) is 0 Å². The molecule has 0 aliphatic rings. The first-order valence-corrected chi connectivity index (χ1v) is 5.93. The zero-order valence-corrected chi connectivity index (χ0v) is 11.2. The van der Waals surface area contributed by atoms with E-state index in [-0.39, 0.29) is 12.5 Å². The van der Waals surface area contributed by atoms with Gasteiger partial charge < -0.3 is 10.0 Å². The molecule has 0 spiro atoms. The molecule has 96 valence electrons. The van der Waals surface area contributed by atoms with Crippen LogP contribution < -0.4 is 0 Å². The van der Waals surface area contributed by atoms with Gasteiger partial charge in [-0.25, -0.2) is 0 Å². The summed E-state index contributed by atoms with van der Waals surface area (Å²) in [6, 6.07) is 0.111. The van der Waals surface area contributed by atoms with Crippen molar-refractivity contribution in [2.45, 2.75) is 33.2 Å². The minimum Gasteiger partial charge on any atom is -0.481 e. The summed E-state index contributed by atoms with van der Waals surface area (Å²) in [5.74, 6) is -0.149. The molecule has 0 aromatic rings. The molecule has 0 rings (SSSR count). The summed E-state index contributed by atoms with van der Waals surface area (Å²) in [5.41, 5.74) is 0. The van der Waals surface area contributed by atoms with E-state index in [0.29, 0.717) is 5.92 Å². The van der Waals surface area contributed by atoms with E-state index < -0.39 is 5.97 Å². The summed E-state index contributed by atoms with van der Waals surface area (Å²) in [6.07, 6.45) is 0.222. The van der Waals surface area contributed by atoms with Gasteiger partial charge in [0.2, 0.25) is 0 Å². The van der Waals surface area contributed by atoms with Gasteiger partial charge in [0.05, 0.1) is 6.42 Å². The van der Waals surface area contributed by atoms with Crippen LogP contribution in [0.15, 0.2) is 0 Å². The monoisotopic (exact) mass is 230 g/mol. The number of aliphatic carboxylic acids is 1. The van der Waals surface area contributed by atoms with E-state index in [1.807, 2.05) is 21.0 Å². The summed E-state index contributed by atoms with van der Waals surface area (Å²) in [5, 5.41) is 8.81. The molecule has 0 bridgehead atoms. The summed E-state index contributed by atoms with van der Waals surface area (Å²) < 4.78 is 0. The molecule has 4 heteroatoms. The van der Waals surface area contributed by atoms with Gasteiger partial charge in [0.1, 0.15) is 0 Å². The molecular weight excluding hydrogens is 204 g/mol. The van der Waals surface area contributed by atoms with Crippen LogP contribution in [0.1, 0.15) is 27.2 Å². The highest BCUT2D eigenvalue weighted by molar-refractivity contribution is 5.67. The second-order valence-corrected chi connectivity index (χ2v) is 5.14. The average molecular weight is 230 g/mol. The van der Waals surface area contributed by atoms with E-state index >= 15 is 0 Å². The van der Waals surface area contributed by atoms with Crippen molar-refractivity contribution in [3.8, 4) is 0 Å². The second-order valence-electron chi connectivity index (χ2n) is 5.14. The molecule has 0 heterocycles. The minimum absolute atomic E-state index is 0.111. The normalized spacial score (nSPS) is 13.8. The average Bonchev–Trinajstić information content (AvgIpc) is 2.09. The Kier molecular flexibility index (Phi) is 7.34. The zero-order valence-electron chi connectivity index (χ0n) is 11.2. The van der Waals surface area contributed by atoms with E-state index in [1.165, 1.54) is 0 Å². The first-order chi connectivity index (χ1) is 7.32. The van der Waals surface area contributed by atoms with Crippen LogP contribution in [0.25, 0.3) is 0 Å². The Bertz CT molecular complexity index is 205. The summed E-state index contributed by atoms with van der Waals surface area (Å²) >= 11 is 0. The van der Waals surface area contributed by atoms with E-state index in [9.17, 15) is 4.79 Å². The first-order valence-electron chi connectivity index (χ1n) is 5.93. The third-order valence-corrected chi connectivity index (χ3v) is 2.53. The Balaban J connectivity index is 4.22. The fraction of sp³-hybridized carbons (Fsp3) is 0.917. The molecular formula is C12H26N2O2. The molecule has 0 fully saturated rings. The first kappa shape index (κ1) is 15.4. The maximum Gasteiger partial charge on any atom is 0.304 e. The quantitative estimate of drug-likeness (QED) is 0.684. The number of hydrogen-bond acceptors (Lipinski definition) is 3. The molecule has 0 aliphatic heterocycles. The van der Waals surface area contributed by atoms with E-state index in [4.69, 9.17) is 5.11 Å². The molecule has 4 nitrogen and oxygen atoms in total. The van der Waals surface area contributed by atoms with Gasteiger partial charge in [-0.1, -0.05) is 13.8 Å². The molecule has 16 heavy (non-hydrogen) atoms. The lowest BCUT2D eigenvalue weighted by Gasteiger charge is -2.30. The fourth-order valence-electron chi connectivity index (χ4n) is 1.67. The van der Waals surface area contributed by atoms with Crippen molar-refractivity contribution < 1.29 is 9.90 Å². The predicted molar refractivity (Wildman–Crippen MR) is 66.7 cm³/mol. The van der Waals surface area contributed by atoms with Crippen LogP contribution in [0.5, 0.6) is 0 Å². The third kappa shape index (κ3) is 7.65. The van der Waals surface area contributed by atoms with Gasteiger partial charge >= 0.3 is 5.97 Å². The summed E-state index contributed by atoms with van der Waals surface area (Å²) in [6.45, 7) is 9.18. The fourth-order valence-corrected chi connectivity index (χ4v) is 1.67. The zero-order chi connectivity index (χ0) is 12.7. The number of rotatable bonds is 8. The number of nitrogens with zero attached hydrogens (tertiary/aromatic N) is 2. The smallest absolute Gasteiger partial charge is 0.304 e. The molecule has 0 aromatic heterocycles. The van der Waals surface area contributed by atoms with Gasteiger partial charge in [0.25, 0.3) is 0 Å². The van der Waals surface area contributed by atoms with Crippen molar-refractivity contribution in [1.82, 2.24) is 9.80 Å². The second kappa shape index (κ2) is 7.63. The Morgan fingerprint density at radius 3 is 2.12 bits per heavy atom. The molecule has 0 saturated carbocycles.